The van der Waals surface area contributed by atoms with E-state index in [4.69, 9.17) is 11.6 Å². The van der Waals surface area contributed by atoms with Gasteiger partial charge in [0.15, 0.2) is 5.96 Å². The summed E-state index contributed by atoms with van der Waals surface area (Å²) in [7, 11) is 0. The largest absolute Gasteiger partial charge is 0.386 e. The second-order valence-corrected chi connectivity index (χ2v) is 8.03. The first-order valence-electron chi connectivity index (χ1n) is 8.72. The van der Waals surface area contributed by atoms with Crippen LogP contribution in [0, 0.1) is 0 Å². The molecule has 1 aromatic rings. The molecule has 0 aliphatic heterocycles. The van der Waals surface area contributed by atoms with Gasteiger partial charge in [0.1, 0.15) is 0 Å². The molecule has 7 heteroatoms. The molecule has 1 aliphatic rings. The molecular weight excluding hydrogens is 469 g/mol. The first kappa shape index (κ1) is 22.9. The second kappa shape index (κ2) is 12.3. The summed E-state index contributed by atoms with van der Waals surface area (Å²) in [4.78, 5) is 4.55. The van der Waals surface area contributed by atoms with Crippen LogP contribution in [0.15, 0.2) is 29.3 Å². The number of thioether (sulfide) groups is 1. The number of halogens is 2. The summed E-state index contributed by atoms with van der Waals surface area (Å²) in [6.07, 6.45) is 3.01. The van der Waals surface area contributed by atoms with E-state index in [1.807, 2.05) is 23.9 Å². The highest BCUT2D eigenvalue weighted by atomic mass is 127. The smallest absolute Gasteiger partial charge is 0.191 e. The highest BCUT2D eigenvalue weighted by Crippen LogP contribution is 2.29. The Balaban J connectivity index is 0.00000312. The van der Waals surface area contributed by atoms with Gasteiger partial charge in [-0.1, -0.05) is 30.7 Å². The Morgan fingerprint density at radius 1 is 1.32 bits per heavy atom. The minimum absolute atomic E-state index is 0. The Morgan fingerprint density at radius 2 is 2.04 bits per heavy atom. The van der Waals surface area contributed by atoms with E-state index in [1.165, 1.54) is 25.0 Å². The van der Waals surface area contributed by atoms with E-state index >= 15 is 0 Å². The van der Waals surface area contributed by atoms with E-state index in [1.54, 1.807) is 12.1 Å². The minimum Gasteiger partial charge on any atom is -0.386 e. The van der Waals surface area contributed by atoms with Gasteiger partial charge < -0.3 is 15.7 Å². The molecule has 0 spiro atoms. The van der Waals surface area contributed by atoms with Crippen LogP contribution in [0.4, 0.5) is 0 Å². The molecule has 25 heavy (non-hydrogen) atoms. The highest BCUT2D eigenvalue weighted by molar-refractivity contribution is 14.0. The zero-order chi connectivity index (χ0) is 17.4. The van der Waals surface area contributed by atoms with Gasteiger partial charge in [-0.3, -0.25) is 4.99 Å². The number of rotatable bonds is 7. The van der Waals surface area contributed by atoms with Gasteiger partial charge in [0.05, 0.1) is 12.6 Å². The lowest BCUT2D eigenvalue weighted by Gasteiger charge is -2.18. The molecule has 1 fully saturated rings. The summed E-state index contributed by atoms with van der Waals surface area (Å²) in [5.74, 6) is 1.97. The van der Waals surface area contributed by atoms with Crippen LogP contribution in [0.2, 0.25) is 5.02 Å². The lowest BCUT2D eigenvalue weighted by atomic mass is 10.1. The zero-order valence-corrected chi connectivity index (χ0v) is 18.8. The van der Waals surface area contributed by atoms with Gasteiger partial charge in [0.2, 0.25) is 0 Å². The average molecular weight is 498 g/mol. The van der Waals surface area contributed by atoms with Gasteiger partial charge >= 0.3 is 0 Å². The van der Waals surface area contributed by atoms with Gasteiger partial charge in [-0.25, -0.2) is 0 Å². The zero-order valence-electron chi connectivity index (χ0n) is 14.9. The van der Waals surface area contributed by atoms with Crippen molar-refractivity contribution < 1.29 is 5.11 Å². The topological polar surface area (TPSA) is 56.7 Å². The normalized spacial score (nSPS) is 21.5. The lowest BCUT2D eigenvalue weighted by Crippen LogP contribution is -2.42. The molecule has 0 radical (unpaired) electrons. The molecule has 2 rings (SSSR count). The lowest BCUT2D eigenvalue weighted by molar-refractivity contribution is 0.187. The number of hydrogen-bond acceptors (Lipinski definition) is 3. The quantitative estimate of drug-likeness (QED) is 0.300. The molecule has 3 N–H and O–H groups in total. The third-order valence-corrected chi connectivity index (χ3v) is 5.63. The van der Waals surface area contributed by atoms with Crippen LogP contribution >= 0.6 is 47.3 Å². The number of aliphatic hydroxyl groups is 1. The Hall–Kier alpha value is -0.180. The maximum atomic E-state index is 10.3. The van der Waals surface area contributed by atoms with Gasteiger partial charge in [-0.15, -0.1) is 24.0 Å². The molecule has 0 amide bonds. The molecule has 0 aromatic heterocycles. The SMILES string of the molecule is CCNC(=NCC(O)c1ccc(Cl)cc1)NC1CCC(SCC)C1.I. The Labute approximate surface area is 177 Å². The van der Waals surface area contributed by atoms with Crippen molar-refractivity contribution in [1.29, 1.82) is 0 Å². The van der Waals surface area contributed by atoms with E-state index < -0.39 is 6.10 Å². The maximum absolute atomic E-state index is 10.3. The third kappa shape index (κ3) is 7.93. The summed E-state index contributed by atoms with van der Waals surface area (Å²) >= 11 is 7.93. The summed E-state index contributed by atoms with van der Waals surface area (Å²) in [5.41, 5.74) is 0.833. The number of aliphatic imine (C=N–C) groups is 1. The van der Waals surface area contributed by atoms with Crippen LogP contribution in [-0.4, -0.2) is 41.2 Å². The summed E-state index contributed by atoms with van der Waals surface area (Å²) < 4.78 is 0. The molecular formula is C18H29ClIN3OS. The highest BCUT2D eigenvalue weighted by Gasteiger charge is 2.25. The van der Waals surface area contributed by atoms with Crippen LogP contribution in [0.1, 0.15) is 44.8 Å². The number of hydrogen-bond donors (Lipinski definition) is 3. The standard InChI is InChI=1S/C18H28ClN3OS.HI/c1-3-20-18(22-15-9-10-16(11-15)24-4-2)21-12-17(23)13-5-7-14(19)8-6-13;/h5-8,15-17,23H,3-4,9-12H2,1-2H3,(H2,20,21,22);1H. The van der Waals surface area contributed by atoms with Crippen LogP contribution < -0.4 is 10.6 Å². The van der Waals surface area contributed by atoms with Crippen LogP contribution in [0.5, 0.6) is 0 Å². The summed E-state index contributed by atoms with van der Waals surface area (Å²) in [6.45, 7) is 5.41. The molecule has 4 nitrogen and oxygen atoms in total. The van der Waals surface area contributed by atoms with Gasteiger partial charge in [0.25, 0.3) is 0 Å². The van der Waals surface area contributed by atoms with E-state index in [0.29, 0.717) is 17.6 Å². The third-order valence-electron chi connectivity index (χ3n) is 4.15. The fourth-order valence-electron chi connectivity index (χ4n) is 2.94. The Bertz CT molecular complexity index is 530. The van der Waals surface area contributed by atoms with Crippen molar-refractivity contribution in [2.45, 2.75) is 50.5 Å². The molecule has 1 aliphatic carbocycles. The van der Waals surface area contributed by atoms with Crippen molar-refractivity contribution in [3.8, 4) is 0 Å². The molecule has 3 atom stereocenters. The van der Waals surface area contributed by atoms with Crippen molar-refractivity contribution in [3.63, 3.8) is 0 Å². The second-order valence-electron chi connectivity index (χ2n) is 6.02. The van der Waals surface area contributed by atoms with E-state index in [0.717, 1.165) is 23.3 Å². The van der Waals surface area contributed by atoms with Gasteiger partial charge in [-0.05, 0) is 49.6 Å². The minimum atomic E-state index is -0.621. The van der Waals surface area contributed by atoms with Crippen molar-refractivity contribution >= 4 is 53.3 Å². The van der Waals surface area contributed by atoms with E-state index in [2.05, 4.69) is 29.5 Å². The fourth-order valence-corrected chi connectivity index (χ4v) is 4.21. The number of nitrogens with zero attached hydrogens (tertiary/aromatic N) is 1. The number of guanidine groups is 1. The Morgan fingerprint density at radius 3 is 2.68 bits per heavy atom. The van der Waals surface area contributed by atoms with Crippen LogP contribution in [-0.2, 0) is 0 Å². The van der Waals surface area contributed by atoms with Crippen molar-refractivity contribution in [1.82, 2.24) is 10.6 Å². The molecule has 3 unspecified atom stereocenters. The van der Waals surface area contributed by atoms with E-state index in [9.17, 15) is 5.11 Å². The van der Waals surface area contributed by atoms with E-state index in [-0.39, 0.29) is 24.0 Å². The predicted molar refractivity (Wildman–Crippen MR) is 121 cm³/mol. The first-order valence-corrected chi connectivity index (χ1v) is 10.1. The van der Waals surface area contributed by atoms with Crippen molar-refractivity contribution in [2.75, 3.05) is 18.8 Å². The van der Waals surface area contributed by atoms with Crippen LogP contribution in [0.25, 0.3) is 0 Å². The molecule has 0 heterocycles. The molecule has 1 aromatic carbocycles. The van der Waals surface area contributed by atoms with Crippen molar-refractivity contribution in [3.05, 3.63) is 34.9 Å². The molecule has 142 valence electrons. The van der Waals surface area contributed by atoms with Gasteiger partial charge in [-0.2, -0.15) is 11.8 Å². The van der Waals surface area contributed by atoms with Crippen LogP contribution in [0.3, 0.4) is 0 Å². The van der Waals surface area contributed by atoms with Gasteiger partial charge in [0, 0.05) is 22.9 Å². The summed E-state index contributed by atoms with van der Waals surface area (Å²) in [6, 6.07) is 7.73. The predicted octanol–water partition coefficient (Wildman–Crippen LogP) is 4.22. The fraction of sp³-hybridized carbons (Fsp3) is 0.611. The number of aliphatic hydroxyl groups excluding tert-OH is 1. The summed E-state index contributed by atoms with van der Waals surface area (Å²) in [5, 5.41) is 18.5. The Kier molecular flexibility index (Phi) is 11.2. The monoisotopic (exact) mass is 497 g/mol. The number of benzene rings is 1. The average Bonchev–Trinajstić information content (AvgIpc) is 3.01. The first-order chi connectivity index (χ1) is 11.6. The molecule has 0 bridgehead atoms. The molecule has 1 saturated carbocycles. The maximum Gasteiger partial charge on any atom is 0.191 e. The molecule has 0 saturated heterocycles. The number of nitrogens with one attached hydrogen (secondary N) is 2. The van der Waals surface area contributed by atoms with Crippen molar-refractivity contribution in [2.24, 2.45) is 4.99 Å².